The number of allylic oxidation sites excluding steroid dienone is 5. The van der Waals surface area contributed by atoms with E-state index in [1.54, 1.807) is 0 Å². The van der Waals surface area contributed by atoms with Crippen molar-refractivity contribution < 1.29 is 4.79 Å². The zero-order valence-corrected chi connectivity index (χ0v) is 11.9. The average Bonchev–Trinajstić information content (AvgIpc) is 2.27. The molecule has 0 saturated carbocycles. The standard InChI is InChI=1S/C16H26O/c1-7-8-9-10-14(2)16(5,6)12-11-15(3,4)13-17/h7-10,13H,2,11-12H2,1,3-6H3/b8-7-,10-9-. The molecular formula is C16H26O. The second-order valence-corrected chi connectivity index (χ2v) is 5.90. The Balaban J connectivity index is 4.47. The van der Waals surface area contributed by atoms with Gasteiger partial charge in [0.05, 0.1) is 0 Å². The Hall–Kier alpha value is -1.11. The Labute approximate surface area is 106 Å². The van der Waals surface area contributed by atoms with Crippen molar-refractivity contribution >= 4 is 6.29 Å². The topological polar surface area (TPSA) is 17.1 Å². The van der Waals surface area contributed by atoms with Crippen LogP contribution >= 0.6 is 0 Å². The summed E-state index contributed by atoms with van der Waals surface area (Å²) in [7, 11) is 0. The fourth-order valence-corrected chi connectivity index (χ4v) is 1.36. The van der Waals surface area contributed by atoms with Crippen molar-refractivity contribution in [2.45, 2.75) is 47.5 Å². The van der Waals surface area contributed by atoms with Crippen LogP contribution in [0.2, 0.25) is 0 Å². The van der Waals surface area contributed by atoms with E-state index in [1.807, 2.05) is 45.1 Å². The molecule has 0 rings (SSSR count). The third-order valence-corrected chi connectivity index (χ3v) is 3.18. The molecule has 0 saturated heterocycles. The van der Waals surface area contributed by atoms with Gasteiger partial charge in [0.25, 0.3) is 0 Å². The van der Waals surface area contributed by atoms with E-state index in [9.17, 15) is 4.79 Å². The average molecular weight is 234 g/mol. The van der Waals surface area contributed by atoms with E-state index in [-0.39, 0.29) is 10.8 Å². The molecule has 1 nitrogen and oxygen atoms in total. The zero-order valence-electron chi connectivity index (χ0n) is 11.9. The van der Waals surface area contributed by atoms with Gasteiger partial charge in [0.15, 0.2) is 0 Å². The predicted octanol–water partition coefficient (Wildman–Crippen LogP) is 4.71. The van der Waals surface area contributed by atoms with Crippen LogP contribution in [0.5, 0.6) is 0 Å². The molecule has 0 fully saturated rings. The van der Waals surface area contributed by atoms with Gasteiger partial charge in [-0.25, -0.2) is 0 Å². The largest absolute Gasteiger partial charge is 0.303 e. The van der Waals surface area contributed by atoms with E-state index in [0.29, 0.717) is 0 Å². The highest BCUT2D eigenvalue weighted by Gasteiger charge is 2.25. The van der Waals surface area contributed by atoms with Crippen molar-refractivity contribution in [1.82, 2.24) is 0 Å². The van der Waals surface area contributed by atoms with Gasteiger partial charge >= 0.3 is 0 Å². The van der Waals surface area contributed by atoms with Crippen LogP contribution in [0, 0.1) is 10.8 Å². The van der Waals surface area contributed by atoms with Crippen molar-refractivity contribution in [3.63, 3.8) is 0 Å². The molecule has 0 atom stereocenters. The summed E-state index contributed by atoms with van der Waals surface area (Å²) in [6.07, 6.45) is 10.9. The second kappa shape index (κ2) is 6.58. The Morgan fingerprint density at radius 1 is 1.12 bits per heavy atom. The van der Waals surface area contributed by atoms with Crippen LogP contribution in [0.25, 0.3) is 0 Å². The van der Waals surface area contributed by atoms with Crippen LogP contribution in [-0.2, 0) is 4.79 Å². The molecule has 0 aliphatic heterocycles. The minimum atomic E-state index is -0.232. The van der Waals surface area contributed by atoms with Crippen molar-refractivity contribution in [2.75, 3.05) is 0 Å². The Bertz CT molecular complexity index is 316. The van der Waals surface area contributed by atoms with Gasteiger partial charge in [-0.15, -0.1) is 0 Å². The Kier molecular flexibility index (Phi) is 6.15. The molecule has 1 heteroatoms. The minimum absolute atomic E-state index is 0.0400. The number of hydrogen-bond acceptors (Lipinski definition) is 1. The maximum Gasteiger partial charge on any atom is 0.125 e. The summed E-state index contributed by atoms with van der Waals surface area (Å²) < 4.78 is 0. The maximum atomic E-state index is 10.9. The van der Waals surface area contributed by atoms with Gasteiger partial charge in [-0.05, 0) is 30.8 Å². The first-order valence-electron chi connectivity index (χ1n) is 6.20. The van der Waals surface area contributed by atoms with E-state index < -0.39 is 0 Å². The second-order valence-electron chi connectivity index (χ2n) is 5.90. The molecule has 17 heavy (non-hydrogen) atoms. The Morgan fingerprint density at radius 3 is 2.18 bits per heavy atom. The molecule has 96 valence electrons. The van der Waals surface area contributed by atoms with Gasteiger partial charge in [0.2, 0.25) is 0 Å². The summed E-state index contributed by atoms with van der Waals surface area (Å²) in [5, 5.41) is 0. The summed E-state index contributed by atoms with van der Waals surface area (Å²) in [5.74, 6) is 0. The van der Waals surface area contributed by atoms with Crippen molar-refractivity contribution in [2.24, 2.45) is 10.8 Å². The van der Waals surface area contributed by atoms with Gasteiger partial charge < -0.3 is 4.79 Å². The smallest absolute Gasteiger partial charge is 0.125 e. The van der Waals surface area contributed by atoms with Gasteiger partial charge in [-0.2, -0.15) is 0 Å². The molecule has 0 aromatic heterocycles. The molecule has 0 unspecified atom stereocenters. The molecule has 0 bridgehead atoms. The van der Waals surface area contributed by atoms with Crippen LogP contribution in [-0.4, -0.2) is 6.29 Å². The van der Waals surface area contributed by atoms with E-state index in [2.05, 4.69) is 20.4 Å². The molecule has 0 heterocycles. The molecular weight excluding hydrogens is 208 g/mol. The quantitative estimate of drug-likeness (QED) is 0.460. The number of aldehydes is 1. The van der Waals surface area contributed by atoms with Crippen LogP contribution in [0.3, 0.4) is 0 Å². The molecule has 0 aliphatic carbocycles. The number of hydrogen-bond donors (Lipinski definition) is 0. The van der Waals surface area contributed by atoms with Crippen molar-refractivity contribution in [1.29, 1.82) is 0 Å². The lowest BCUT2D eigenvalue weighted by Gasteiger charge is -2.29. The van der Waals surface area contributed by atoms with Crippen LogP contribution in [0.15, 0.2) is 36.5 Å². The number of carbonyl (C=O) groups excluding carboxylic acids is 1. The molecule has 0 N–H and O–H groups in total. The first kappa shape index (κ1) is 15.9. The molecule has 0 aromatic carbocycles. The fraction of sp³-hybridized carbons (Fsp3) is 0.562. The van der Waals surface area contributed by atoms with E-state index >= 15 is 0 Å². The maximum absolute atomic E-state index is 10.9. The minimum Gasteiger partial charge on any atom is -0.303 e. The van der Waals surface area contributed by atoms with E-state index in [4.69, 9.17) is 0 Å². The highest BCUT2D eigenvalue weighted by Crippen LogP contribution is 2.35. The molecule has 0 spiro atoms. The SMILES string of the molecule is C=C(/C=C\C=C/C)C(C)(C)CCC(C)(C)C=O. The fourth-order valence-electron chi connectivity index (χ4n) is 1.36. The van der Waals surface area contributed by atoms with Crippen LogP contribution < -0.4 is 0 Å². The van der Waals surface area contributed by atoms with Gasteiger partial charge in [-0.1, -0.05) is 58.6 Å². The molecule has 0 aromatic rings. The van der Waals surface area contributed by atoms with E-state index in [1.165, 1.54) is 0 Å². The lowest BCUT2D eigenvalue weighted by molar-refractivity contribution is -0.115. The first-order chi connectivity index (χ1) is 7.75. The monoisotopic (exact) mass is 234 g/mol. The number of rotatable bonds is 7. The highest BCUT2D eigenvalue weighted by molar-refractivity contribution is 5.57. The van der Waals surface area contributed by atoms with Crippen molar-refractivity contribution in [3.05, 3.63) is 36.5 Å². The lowest BCUT2D eigenvalue weighted by Crippen LogP contribution is -2.20. The summed E-state index contributed by atoms with van der Waals surface area (Å²) in [5.41, 5.74) is 0.917. The summed E-state index contributed by atoms with van der Waals surface area (Å²) in [4.78, 5) is 10.9. The lowest BCUT2D eigenvalue weighted by atomic mass is 9.76. The molecule has 0 amide bonds. The van der Waals surface area contributed by atoms with Gasteiger partial charge in [0, 0.05) is 5.41 Å². The Morgan fingerprint density at radius 2 is 1.71 bits per heavy atom. The van der Waals surface area contributed by atoms with Crippen molar-refractivity contribution in [3.8, 4) is 0 Å². The van der Waals surface area contributed by atoms with Crippen LogP contribution in [0.1, 0.15) is 47.5 Å². The predicted molar refractivity (Wildman–Crippen MR) is 76.0 cm³/mol. The summed E-state index contributed by atoms with van der Waals surface area (Å²) in [6.45, 7) is 14.4. The molecule has 0 aliphatic rings. The van der Waals surface area contributed by atoms with Gasteiger partial charge in [-0.3, -0.25) is 0 Å². The summed E-state index contributed by atoms with van der Waals surface area (Å²) in [6, 6.07) is 0. The van der Waals surface area contributed by atoms with Gasteiger partial charge in [0.1, 0.15) is 6.29 Å². The zero-order chi connectivity index (χ0) is 13.5. The third-order valence-electron chi connectivity index (χ3n) is 3.18. The normalized spacial score (nSPS) is 13.5. The molecule has 0 radical (unpaired) electrons. The summed E-state index contributed by atoms with van der Waals surface area (Å²) >= 11 is 0. The first-order valence-corrected chi connectivity index (χ1v) is 6.20. The number of carbonyl (C=O) groups is 1. The van der Waals surface area contributed by atoms with E-state index in [0.717, 1.165) is 24.7 Å². The van der Waals surface area contributed by atoms with Crippen LogP contribution in [0.4, 0.5) is 0 Å². The highest BCUT2D eigenvalue weighted by atomic mass is 16.1. The third kappa shape index (κ3) is 6.25.